The first kappa shape index (κ1) is 14.2. The quantitative estimate of drug-likeness (QED) is 0.808. The van der Waals surface area contributed by atoms with Crippen molar-refractivity contribution in [1.29, 1.82) is 0 Å². The molecule has 1 rings (SSSR count). The van der Waals surface area contributed by atoms with Crippen LogP contribution in [0.1, 0.15) is 25.0 Å². The van der Waals surface area contributed by atoms with Crippen molar-refractivity contribution in [2.24, 2.45) is 0 Å². The van der Waals surface area contributed by atoms with Crippen LogP contribution in [0.5, 0.6) is 5.75 Å². The summed E-state index contributed by atoms with van der Waals surface area (Å²) in [4.78, 5) is 25.1. The largest absolute Gasteiger partial charge is 0.508 e. The molecule has 0 unspecified atom stereocenters. The molecule has 0 fully saturated rings. The molecule has 18 heavy (non-hydrogen) atoms. The molecule has 1 aromatic rings. The number of amides is 1. The molecule has 0 radical (unpaired) electrons. The molecular formula is C14H19NO3. The van der Waals surface area contributed by atoms with E-state index < -0.39 is 11.7 Å². The first-order valence-corrected chi connectivity index (χ1v) is 6.10. The van der Waals surface area contributed by atoms with Crippen LogP contribution in [0.15, 0.2) is 18.2 Å². The molecule has 0 spiro atoms. The fourth-order valence-corrected chi connectivity index (χ4v) is 1.79. The Hall–Kier alpha value is -1.84. The highest BCUT2D eigenvalue weighted by molar-refractivity contribution is 6.36. The molecule has 0 saturated heterocycles. The topological polar surface area (TPSA) is 57.6 Å². The SMILES string of the molecule is CCN(CC)C(=O)C(=O)Cc1cc(C)ccc1O. The number of likely N-dealkylation sites (N-methyl/N-ethyl adjacent to an activating group) is 1. The molecular weight excluding hydrogens is 230 g/mol. The summed E-state index contributed by atoms with van der Waals surface area (Å²) in [5, 5.41) is 9.64. The van der Waals surface area contributed by atoms with Gasteiger partial charge < -0.3 is 10.0 Å². The van der Waals surface area contributed by atoms with Crippen LogP contribution in [0.25, 0.3) is 0 Å². The number of hydrogen-bond acceptors (Lipinski definition) is 3. The number of Topliss-reactive ketones (excluding diaryl/α,β-unsaturated/α-hetero) is 1. The fraction of sp³-hybridized carbons (Fsp3) is 0.429. The van der Waals surface area contributed by atoms with Gasteiger partial charge in [0, 0.05) is 25.1 Å². The molecule has 1 N–H and O–H groups in total. The van der Waals surface area contributed by atoms with Gasteiger partial charge in [-0.25, -0.2) is 0 Å². The number of carbonyl (C=O) groups is 2. The number of benzene rings is 1. The number of rotatable bonds is 5. The zero-order valence-electron chi connectivity index (χ0n) is 11.1. The molecule has 98 valence electrons. The number of ketones is 1. The van der Waals surface area contributed by atoms with Crippen LogP contribution in [0.4, 0.5) is 0 Å². The average molecular weight is 249 g/mol. The van der Waals surface area contributed by atoms with E-state index in [1.165, 1.54) is 4.90 Å². The van der Waals surface area contributed by atoms with Gasteiger partial charge in [0.05, 0.1) is 0 Å². The van der Waals surface area contributed by atoms with E-state index in [2.05, 4.69) is 0 Å². The van der Waals surface area contributed by atoms with Gasteiger partial charge >= 0.3 is 0 Å². The van der Waals surface area contributed by atoms with Crippen LogP contribution in [-0.4, -0.2) is 34.8 Å². The first-order valence-electron chi connectivity index (χ1n) is 6.10. The van der Waals surface area contributed by atoms with Gasteiger partial charge in [-0.15, -0.1) is 0 Å². The molecule has 0 heterocycles. The highest BCUT2D eigenvalue weighted by Crippen LogP contribution is 2.19. The Labute approximate surface area is 107 Å². The summed E-state index contributed by atoms with van der Waals surface area (Å²) in [5.41, 5.74) is 1.45. The van der Waals surface area contributed by atoms with E-state index in [1.807, 2.05) is 20.8 Å². The minimum Gasteiger partial charge on any atom is -0.508 e. The molecule has 0 aliphatic carbocycles. The minimum atomic E-state index is -0.486. The third-order valence-electron chi connectivity index (χ3n) is 2.88. The summed E-state index contributed by atoms with van der Waals surface area (Å²) < 4.78 is 0. The summed E-state index contributed by atoms with van der Waals surface area (Å²) in [6.07, 6.45) is -0.0527. The summed E-state index contributed by atoms with van der Waals surface area (Å²) in [5.74, 6) is -0.915. The lowest BCUT2D eigenvalue weighted by Gasteiger charge is -2.17. The van der Waals surface area contributed by atoms with Crippen molar-refractivity contribution in [2.45, 2.75) is 27.2 Å². The number of nitrogens with zero attached hydrogens (tertiary/aromatic N) is 1. The van der Waals surface area contributed by atoms with Gasteiger partial charge in [0.2, 0.25) is 5.78 Å². The van der Waals surface area contributed by atoms with Gasteiger partial charge in [-0.1, -0.05) is 17.7 Å². The van der Waals surface area contributed by atoms with E-state index in [1.54, 1.807) is 18.2 Å². The van der Waals surface area contributed by atoms with E-state index >= 15 is 0 Å². The highest BCUT2D eigenvalue weighted by Gasteiger charge is 2.20. The van der Waals surface area contributed by atoms with E-state index in [0.717, 1.165) is 5.56 Å². The summed E-state index contributed by atoms with van der Waals surface area (Å²) in [7, 11) is 0. The number of phenols is 1. The zero-order chi connectivity index (χ0) is 13.7. The molecule has 4 nitrogen and oxygen atoms in total. The second-order valence-electron chi connectivity index (χ2n) is 4.21. The molecule has 0 atom stereocenters. The maximum Gasteiger partial charge on any atom is 0.290 e. The number of aromatic hydroxyl groups is 1. The van der Waals surface area contributed by atoms with E-state index in [4.69, 9.17) is 0 Å². The smallest absolute Gasteiger partial charge is 0.290 e. The van der Waals surface area contributed by atoms with Crippen LogP contribution < -0.4 is 0 Å². The van der Waals surface area contributed by atoms with Crippen LogP contribution in [0, 0.1) is 6.92 Å². The van der Waals surface area contributed by atoms with Gasteiger partial charge in [-0.3, -0.25) is 9.59 Å². The predicted octanol–water partition coefficient (Wildman–Crippen LogP) is 1.68. The maximum absolute atomic E-state index is 11.8. The number of carbonyl (C=O) groups excluding carboxylic acids is 2. The normalized spacial score (nSPS) is 10.2. The van der Waals surface area contributed by atoms with Crippen LogP contribution in [0.2, 0.25) is 0 Å². The Kier molecular flexibility index (Phi) is 4.89. The van der Waals surface area contributed by atoms with E-state index in [0.29, 0.717) is 18.7 Å². The van der Waals surface area contributed by atoms with Crippen LogP contribution >= 0.6 is 0 Å². The highest BCUT2D eigenvalue weighted by atomic mass is 16.3. The average Bonchev–Trinajstić information content (AvgIpc) is 2.35. The standard InChI is InChI=1S/C14H19NO3/c1-4-15(5-2)14(18)13(17)9-11-8-10(3)6-7-12(11)16/h6-8,16H,4-5,9H2,1-3H3. The molecule has 0 aliphatic rings. The Morgan fingerprint density at radius 3 is 2.39 bits per heavy atom. The van der Waals surface area contributed by atoms with Crippen LogP contribution in [0.3, 0.4) is 0 Å². The number of phenolic OH excluding ortho intramolecular Hbond substituents is 1. The lowest BCUT2D eigenvalue weighted by Crippen LogP contribution is -2.37. The van der Waals surface area contributed by atoms with Crippen molar-refractivity contribution in [3.05, 3.63) is 29.3 Å². The molecule has 1 amide bonds. The fourth-order valence-electron chi connectivity index (χ4n) is 1.79. The van der Waals surface area contributed by atoms with Crippen molar-refractivity contribution in [2.75, 3.05) is 13.1 Å². The Balaban J connectivity index is 2.81. The van der Waals surface area contributed by atoms with Crippen molar-refractivity contribution in [1.82, 2.24) is 4.90 Å². The van der Waals surface area contributed by atoms with Crippen LogP contribution in [-0.2, 0) is 16.0 Å². The van der Waals surface area contributed by atoms with E-state index in [-0.39, 0.29) is 12.2 Å². The molecule has 4 heteroatoms. The second-order valence-corrected chi connectivity index (χ2v) is 4.21. The van der Waals surface area contributed by atoms with Crippen molar-refractivity contribution < 1.29 is 14.7 Å². The van der Waals surface area contributed by atoms with Gasteiger partial charge in [0.1, 0.15) is 5.75 Å². The lowest BCUT2D eigenvalue weighted by atomic mass is 10.0. The van der Waals surface area contributed by atoms with Gasteiger partial charge in [-0.2, -0.15) is 0 Å². The van der Waals surface area contributed by atoms with Gasteiger partial charge in [-0.05, 0) is 26.8 Å². The minimum absolute atomic E-state index is 0.0527. The first-order chi connectivity index (χ1) is 8.49. The number of hydrogen-bond donors (Lipinski definition) is 1. The Morgan fingerprint density at radius 1 is 1.22 bits per heavy atom. The van der Waals surface area contributed by atoms with Crippen molar-refractivity contribution in [3.8, 4) is 5.75 Å². The Bertz CT molecular complexity index is 450. The third kappa shape index (κ3) is 3.32. The molecule has 0 aliphatic heterocycles. The number of aryl methyl sites for hydroxylation is 1. The Morgan fingerprint density at radius 2 is 1.83 bits per heavy atom. The van der Waals surface area contributed by atoms with Gasteiger partial charge in [0.15, 0.2) is 0 Å². The summed E-state index contributed by atoms with van der Waals surface area (Å²) >= 11 is 0. The molecule has 1 aromatic carbocycles. The third-order valence-corrected chi connectivity index (χ3v) is 2.88. The van der Waals surface area contributed by atoms with E-state index in [9.17, 15) is 14.7 Å². The molecule has 0 saturated carbocycles. The summed E-state index contributed by atoms with van der Waals surface area (Å²) in [6, 6.07) is 5.03. The monoisotopic (exact) mass is 249 g/mol. The molecule has 0 aromatic heterocycles. The zero-order valence-corrected chi connectivity index (χ0v) is 11.1. The lowest BCUT2D eigenvalue weighted by molar-refractivity contribution is -0.144. The van der Waals surface area contributed by atoms with Gasteiger partial charge in [0.25, 0.3) is 5.91 Å². The predicted molar refractivity (Wildman–Crippen MR) is 69.5 cm³/mol. The second kappa shape index (κ2) is 6.19. The van der Waals surface area contributed by atoms with Crippen molar-refractivity contribution >= 4 is 11.7 Å². The van der Waals surface area contributed by atoms with Crippen molar-refractivity contribution in [3.63, 3.8) is 0 Å². The summed E-state index contributed by atoms with van der Waals surface area (Å²) in [6.45, 7) is 6.57. The maximum atomic E-state index is 11.8. The molecule has 0 bridgehead atoms.